The van der Waals surface area contributed by atoms with E-state index in [1.54, 1.807) is 16.8 Å². The molecule has 0 bridgehead atoms. The number of halogens is 1. The number of carbonyl (C=O) groups is 1. The monoisotopic (exact) mass is 376 g/mol. The van der Waals surface area contributed by atoms with Gasteiger partial charge >= 0.3 is 0 Å². The zero-order valence-electron chi connectivity index (χ0n) is 15.8. The molecule has 28 heavy (non-hydrogen) atoms. The molecule has 142 valence electrons. The summed E-state index contributed by atoms with van der Waals surface area (Å²) in [6.45, 7) is 4.18. The van der Waals surface area contributed by atoms with Gasteiger partial charge in [-0.15, -0.1) is 0 Å². The molecule has 4 aromatic rings. The van der Waals surface area contributed by atoms with Gasteiger partial charge in [0.15, 0.2) is 0 Å². The number of H-pyrrole nitrogens is 1. The number of nitrogens with zero attached hydrogens (tertiary/aromatic N) is 2. The largest absolute Gasteiger partial charge is 0.361 e. The summed E-state index contributed by atoms with van der Waals surface area (Å²) in [5.74, 6) is -0.455. The van der Waals surface area contributed by atoms with E-state index >= 15 is 0 Å². The van der Waals surface area contributed by atoms with Gasteiger partial charge in [0.2, 0.25) is 0 Å². The van der Waals surface area contributed by atoms with Crippen LogP contribution in [0.4, 0.5) is 4.39 Å². The molecule has 0 aliphatic heterocycles. The van der Waals surface area contributed by atoms with Crippen molar-refractivity contribution in [3.8, 4) is 5.69 Å². The van der Waals surface area contributed by atoms with E-state index in [9.17, 15) is 9.18 Å². The van der Waals surface area contributed by atoms with Crippen molar-refractivity contribution in [1.29, 1.82) is 0 Å². The predicted octanol–water partition coefficient (Wildman–Crippen LogP) is 4.08. The van der Waals surface area contributed by atoms with Gasteiger partial charge in [-0.1, -0.05) is 18.2 Å². The molecule has 4 rings (SSSR count). The lowest BCUT2D eigenvalue weighted by Gasteiger charge is -2.07. The van der Waals surface area contributed by atoms with E-state index in [0.717, 1.165) is 23.3 Å². The number of amides is 1. The van der Waals surface area contributed by atoms with Crippen LogP contribution in [0.1, 0.15) is 27.3 Å². The van der Waals surface area contributed by atoms with E-state index in [-0.39, 0.29) is 11.7 Å². The minimum atomic E-state index is -0.305. The average Bonchev–Trinajstić information content (AvgIpc) is 3.23. The van der Waals surface area contributed by atoms with Gasteiger partial charge < -0.3 is 10.3 Å². The van der Waals surface area contributed by atoms with Gasteiger partial charge in [0.1, 0.15) is 5.82 Å². The maximum Gasteiger partial charge on any atom is 0.255 e. The number of aromatic nitrogens is 3. The molecular formula is C22H21FN4O. The van der Waals surface area contributed by atoms with Crippen molar-refractivity contribution in [1.82, 2.24) is 20.1 Å². The van der Waals surface area contributed by atoms with Crippen LogP contribution in [0.25, 0.3) is 16.6 Å². The van der Waals surface area contributed by atoms with Crippen LogP contribution in [-0.4, -0.2) is 27.2 Å². The smallest absolute Gasteiger partial charge is 0.255 e. The number of nitrogens with one attached hydrogen (secondary N) is 2. The van der Waals surface area contributed by atoms with Crippen LogP contribution in [0.5, 0.6) is 0 Å². The molecule has 0 radical (unpaired) electrons. The average molecular weight is 376 g/mol. The SMILES string of the molecule is Cc1nn(-c2ccc(F)cc2)c(C)c1C(=O)NCCc1c[nH]c2ccccc12. The van der Waals surface area contributed by atoms with Crippen molar-refractivity contribution in [2.24, 2.45) is 0 Å². The summed E-state index contributed by atoms with van der Waals surface area (Å²) in [4.78, 5) is 16.0. The summed E-state index contributed by atoms with van der Waals surface area (Å²) in [6, 6.07) is 14.2. The third-order valence-corrected chi connectivity index (χ3v) is 4.94. The summed E-state index contributed by atoms with van der Waals surface area (Å²) in [6.07, 6.45) is 2.72. The number of benzene rings is 2. The molecule has 0 aliphatic rings. The second-order valence-electron chi connectivity index (χ2n) is 6.80. The fraction of sp³-hybridized carbons (Fsp3) is 0.182. The molecule has 1 amide bonds. The molecule has 0 unspecified atom stereocenters. The van der Waals surface area contributed by atoms with Gasteiger partial charge in [-0.2, -0.15) is 5.10 Å². The Balaban J connectivity index is 1.48. The third kappa shape index (κ3) is 3.29. The Hall–Kier alpha value is -3.41. The van der Waals surface area contributed by atoms with Crippen molar-refractivity contribution in [2.45, 2.75) is 20.3 Å². The Kier molecular flexibility index (Phi) is 4.69. The van der Waals surface area contributed by atoms with Crippen LogP contribution in [-0.2, 0) is 6.42 Å². The molecule has 2 aromatic heterocycles. The summed E-state index contributed by atoms with van der Waals surface area (Å²) in [7, 11) is 0. The summed E-state index contributed by atoms with van der Waals surface area (Å²) >= 11 is 0. The fourth-order valence-electron chi connectivity index (χ4n) is 3.54. The van der Waals surface area contributed by atoms with Gasteiger partial charge in [-0.25, -0.2) is 9.07 Å². The second kappa shape index (κ2) is 7.31. The molecule has 0 aliphatic carbocycles. The first-order chi connectivity index (χ1) is 13.5. The highest BCUT2D eigenvalue weighted by atomic mass is 19.1. The van der Waals surface area contributed by atoms with Crippen molar-refractivity contribution in [2.75, 3.05) is 6.54 Å². The highest BCUT2D eigenvalue weighted by molar-refractivity contribution is 5.96. The zero-order valence-corrected chi connectivity index (χ0v) is 15.8. The Labute approximate surface area is 162 Å². The van der Waals surface area contributed by atoms with Gasteiger partial charge in [0.05, 0.1) is 22.6 Å². The fourth-order valence-corrected chi connectivity index (χ4v) is 3.54. The molecule has 0 fully saturated rings. The molecule has 6 heteroatoms. The van der Waals surface area contributed by atoms with E-state index < -0.39 is 0 Å². The van der Waals surface area contributed by atoms with Crippen LogP contribution in [0, 0.1) is 19.7 Å². The topological polar surface area (TPSA) is 62.7 Å². The highest BCUT2D eigenvalue weighted by Crippen LogP contribution is 2.19. The number of carbonyl (C=O) groups excluding carboxylic acids is 1. The van der Waals surface area contributed by atoms with Crippen molar-refractivity contribution in [3.63, 3.8) is 0 Å². The van der Waals surface area contributed by atoms with Gasteiger partial charge in [0, 0.05) is 23.6 Å². The number of hydrogen-bond acceptors (Lipinski definition) is 2. The Morgan fingerprint density at radius 1 is 1.14 bits per heavy atom. The molecule has 2 heterocycles. The Bertz CT molecular complexity index is 1140. The number of para-hydroxylation sites is 1. The molecule has 2 N–H and O–H groups in total. The third-order valence-electron chi connectivity index (χ3n) is 4.94. The first-order valence-electron chi connectivity index (χ1n) is 9.20. The minimum absolute atomic E-state index is 0.150. The highest BCUT2D eigenvalue weighted by Gasteiger charge is 2.19. The molecule has 2 aromatic carbocycles. The van der Waals surface area contributed by atoms with Crippen LogP contribution in [0.3, 0.4) is 0 Å². The number of fused-ring (bicyclic) bond motifs is 1. The summed E-state index contributed by atoms with van der Waals surface area (Å²) in [5, 5.41) is 8.62. The number of aryl methyl sites for hydroxylation is 1. The normalized spacial score (nSPS) is 11.1. The standard InChI is InChI=1S/C22H21FN4O/c1-14-21(15(2)27(26-14)18-9-7-17(23)8-10-18)22(28)24-12-11-16-13-25-20-6-4-3-5-19(16)20/h3-10,13,25H,11-12H2,1-2H3,(H,24,28). The van der Waals surface area contributed by atoms with Gasteiger partial charge in [-0.05, 0) is 56.2 Å². The lowest BCUT2D eigenvalue weighted by molar-refractivity contribution is 0.0953. The number of hydrogen-bond donors (Lipinski definition) is 2. The number of rotatable bonds is 5. The Morgan fingerprint density at radius 3 is 2.68 bits per heavy atom. The first-order valence-corrected chi connectivity index (χ1v) is 9.20. The van der Waals surface area contributed by atoms with E-state index in [1.807, 2.05) is 38.2 Å². The molecule has 0 atom stereocenters. The van der Waals surface area contributed by atoms with Crippen molar-refractivity contribution < 1.29 is 9.18 Å². The second-order valence-corrected chi connectivity index (χ2v) is 6.80. The molecule has 0 saturated carbocycles. The van der Waals surface area contributed by atoms with Crippen LogP contribution in [0.2, 0.25) is 0 Å². The predicted molar refractivity (Wildman–Crippen MR) is 107 cm³/mol. The van der Waals surface area contributed by atoms with Crippen LogP contribution < -0.4 is 5.32 Å². The minimum Gasteiger partial charge on any atom is -0.361 e. The summed E-state index contributed by atoms with van der Waals surface area (Å²) < 4.78 is 14.8. The maximum atomic E-state index is 13.2. The van der Waals surface area contributed by atoms with Crippen molar-refractivity contribution >= 4 is 16.8 Å². The van der Waals surface area contributed by atoms with Gasteiger partial charge in [-0.3, -0.25) is 4.79 Å². The molecular weight excluding hydrogens is 355 g/mol. The molecule has 0 saturated heterocycles. The molecule has 5 nitrogen and oxygen atoms in total. The van der Waals surface area contributed by atoms with Gasteiger partial charge in [0.25, 0.3) is 5.91 Å². The van der Waals surface area contributed by atoms with E-state index in [4.69, 9.17) is 0 Å². The maximum absolute atomic E-state index is 13.2. The van der Waals surface area contributed by atoms with E-state index in [0.29, 0.717) is 17.8 Å². The molecule has 0 spiro atoms. The lowest BCUT2D eigenvalue weighted by atomic mass is 10.1. The van der Waals surface area contributed by atoms with Crippen LogP contribution in [0.15, 0.2) is 54.7 Å². The number of aromatic amines is 1. The van der Waals surface area contributed by atoms with Crippen LogP contribution >= 0.6 is 0 Å². The summed E-state index contributed by atoms with van der Waals surface area (Å²) in [5.41, 5.74) is 4.92. The van der Waals surface area contributed by atoms with E-state index in [2.05, 4.69) is 21.5 Å². The quantitative estimate of drug-likeness (QED) is 0.551. The van der Waals surface area contributed by atoms with Crippen molar-refractivity contribution in [3.05, 3.63) is 83.1 Å². The van der Waals surface area contributed by atoms with E-state index in [1.165, 1.54) is 23.1 Å². The first kappa shape index (κ1) is 18.0. The Morgan fingerprint density at radius 2 is 1.89 bits per heavy atom. The lowest BCUT2D eigenvalue weighted by Crippen LogP contribution is -2.26. The zero-order chi connectivity index (χ0) is 19.7.